The molecule has 2 nitrogen and oxygen atoms in total. The maximum absolute atomic E-state index is 13.5. The Hall–Kier alpha value is -0.860. The van der Waals surface area contributed by atoms with E-state index in [4.69, 9.17) is 0 Å². The third-order valence-electron chi connectivity index (χ3n) is 2.92. The third kappa shape index (κ3) is 2.39. The number of nitrogens with zero attached hydrogens (tertiary/aromatic N) is 2. The van der Waals surface area contributed by atoms with Gasteiger partial charge < -0.3 is 0 Å². The van der Waals surface area contributed by atoms with Crippen LogP contribution in [0.5, 0.6) is 0 Å². The summed E-state index contributed by atoms with van der Waals surface area (Å²) in [5, 5.41) is 4.28. The molecule has 0 aromatic carbocycles. The molecule has 0 aliphatic rings. The van der Waals surface area contributed by atoms with Crippen LogP contribution in [0.4, 0.5) is 4.39 Å². The van der Waals surface area contributed by atoms with Crippen molar-refractivity contribution in [3.8, 4) is 0 Å². The smallest absolute Gasteiger partial charge is 0.166 e. The number of unbranched alkanes of at least 4 members (excludes halogenated alkanes) is 1. The molecule has 0 unspecified atom stereocenters. The predicted molar refractivity (Wildman–Crippen MR) is 60.5 cm³/mol. The molecule has 0 saturated carbocycles. The predicted octanol–water partition coefficient (Wildman–Crippen LogP) is 3.56. The summed E-state index contributed by atoms with van der Waals surface area (Å²) >= 11 is 0. The number of halogens is 1. The highest BCUT2D eigenvalue weighted by atomic mass is 19.1. The second kappa shape index (κ2) is 4.33. The Bertz CT molecular complexity index is 340. The van der Waals surface area contributed by atoms with Crippen molar-refractivity contribution in [1.82, 2.24) is 9.78 Å². The molecule has 15 heavy (non-hydrogen) atoms. The average molecular weight is 212 g/mol. The summed E-state index contributed by atoms with van der Waals surface area (Å²) in [6.07, 6.45) is 3.34. The Labute approximate surface area is 91.5 Å². The molecule has 1 aromatic heterocycles. The number of hydrogen-bond donors (Lipinski definition) is 0. The SMILES string of the molecule is CCCCC(C)(C)n1nc(C)c(F)c1C. The van der Waals surface area contributed by atoms with Crippen molar-refractivity contribution in [3.05, 3.63) is 17.2 Å². The van der Waals surface area contributed by atoms with Gasteiger partial charge in [0.2, 0.25) is 0 Å². The zero-order chi connectivity index (χ0) is 11.6. The first-order valence-electron chi connectivity index (χ1n) is 5.62. The fraction of sp³-hybridized carbons (Fsp3) is 0.750. The minimum Gasteiger partial charge on any atom is -0.261 e. The van der Waals surface area contributed by atoms with Crippen molar-refractivity contribution in [2.24, 2.45) is 0 Å². The molecular weight excluding hydrogens is 191 g/mol. The number of rotatable bonds is 4. The standard InChI is InChI=1S/C12H21FN2/c1-6-7-8-12(4,5)15-10(3)11(13)9(2)14-15/h6-8H2,1-5H3. The Morgan fingerprint density at radius 1 is 1.33 bits per heavy atom. The lowest BCUT2D eigenvalue weighted by Crippen LogP contribution is -2.28. The number of aryl methyl sites for hydroxylation is 1. The van der Waals surface area contributed by atoms with Crippen LogP contribution in [-0.2, 0) is 5.54 Å². The van der Waals surface area contributed by atoms with Gasteiger partial charge in [0, 0.05) is 0 Å². The van der Waals surface area contributed by atoms with E-state index in [1.54, 1.807) is 13.8 Å². The molecule has 86 valence electrons. The molecule has 3 heteroatoms. The molecule has 0 fully saturated rings. The molecule has 0 saturated heterocycles. The number of hydrogen-bond acceptors (Lipinski definition) is 1. The van der Waals surface area contributed by atoms with E-state index in [0.29, 0.717) is 11.4 Å². The van der Waals surface area contributed by atoms with Crippen LogP contribution in [0, 0.1) is 19.7 Å². The molecular formula is C12H21FN2. The lowest BCUT2D eigenvalue weighted by molar-refractivity contribution is 0.279. The van der Waals surface area contributed by atoms with Gasteiger partial charge in [-0.2, -0.15) is 5.10 Å². The summed E-state index contributed by atoms with van der Waals surface area (Å²) in [4.78, 5) is 0. The first-order valence-corrected chi connectivity index (χ1v) is 5.62. The molecule has 0 amide bonds. The quantitative estimate of drug-likeness (QED) is 0.746. The van der Waals surface area contributed by atoms with Crippen molar-refractivity contribution in [3.63, 3.8) is 0 Å². The van der Waals surface area contributed by atoms with E-state index in [-0.39, 0.29) is 11.4 Å². The first-order chi connectivity index (χ1) is 6.90. The molecule has 1 rings (SSSR count). The van der Waals surface area contributed by atoms with Gasteiger partial charge >= 0.3 is 0 Å². The van der Waals surface area contributed by atoms with Crippen LogP contribution in [-0.4, -0.2) is 9.78 Å². The zero-order valence-electron chi connectivity index (χ0n) is 10.4. The van der Waals surface area contributed by atoms with Crippen LogP contribution in [0.3, 0.4) is 0 Å². The van der Waals surface area contributed by atoms with Crippen LogP contribution in [0.1, 0.15) is 51.4 Å². The second-order valence-corrected chi connectivity index (χ2v) is 4.81. The molecule has 0 aliphatic carbocycles. The molecule has 1 aromatic rings. The summed E-state index contributed by atoms with van der Waals surface area (Å²) in [6, 6.07) is 0. The van der Waals surface area contributed by atoms with Crippen molar-refractivity contribution >= 4 is 0 Å². The van der Waals surface area contributed by atoms with E-state index in [1.165, 1.54) is 0 Å². The molecule has 0 N–H and O–H groups in total. The fourth-order valence-electron chi connectivity index (χ4n) is 1.93. The number of aromatic nitrogens is 2. The van der Waals surface area contributed by atoms with Gasteiger partial charge in [0.15, 0.2) is 5.82 Å². The van der Waals surface area contributed by atoms with Gasteiger partial charge in [0.05, 0.1) is 16.9 Å². The molecule has 0 spiro atoms. The third-order valence-corrected chi connectivity index (χ3v) is 2.92. The van der Waals surface area contributed by atoms with Crippen LogP contribution in [0.25, 0.3) is 0 Å². The Morgan fingerprint density at radius 2 is 1.93 bits per heavy atom. The van der Waals surface area contributed by atoms with Crippen molar-refractivity contribution < 1.29 is 4.39 Å². The topological polar surface area (TPSA) is 17.8 Å². The summed E-state index contributed by atoms with van der Waals surface area (Å²) < 4.78 is 15.3. The van der Waals surface area contributed by atoms with Gasteiger partial charge in [-0.25, -0.2) is 4.39 Å². The summed E-state index contributed by atoms with van der Waals surface area (Å²) in [5.41, 5.74) is 1.06. The van der Waals surface area contributed by atoms with Gasteiger partial charge in [-0.05, 0) is 34.1 Å². The van der Waals surface area contributed by atoms with Gasteiger partial charge in [-0.1, -0.05) is 19.8 Å². The van der Waals surface area contributed by atoms with Crippen molar-refractivity contribution in [2.75, 3.05) is 0 Å². The van der Waals surface area contributed by atoms with Crippen LogP contribution >= 0.6 is 0 Å². The van der Waals surface area contributed by atoms with Gasteiger partial charge in [0.25, 0.3) is 0 Å². The Balaban J connectivity index is 2.98. The van der Waals surface area contributed by atoms with Crippen molar-refractivity contribution in [1.29, 1.82) is 0 Å². The van der Waals surface area contributed by atoms with Gasteiger partial charge in [-0.3, -0.25) is 4.68 Å². The van der Waals surface area contributed by atoms with Crippen LogP contribution < -0.4 is 0 Å². The first kappa shape index (κ1) is 12.2. The molecule has 1 heterocycles. The molecule has 0 aliphatic heterocycles. The largest absolute Gasteiger partial charge is 0.261 e. The van der Waals surface area contributed by atoms with E-state index >= 15 is 0 Å². The molecule has 0 radical (unpaired) electrons. The maximum Gasteiger partial charge on any atom is 0.166 e. The second-order valence-electron chi connectivity index (χ2n) is 4.81. The maximum atomic E-state index is 13.5. The minimum atomic E-state index is -0.167. The average Bonchev–Trinajstić information content (AvgIpc) is 2.43. The lowest BCUT2D eigenvalue weighted by atomic mass is 9.97. The van der Waals surface area contributed by atoms with Gasteiger partial charge in [0.1, 0.15) is 0 Å². The monoisotopic (exact) mass is 212 g/mol. The highest BCUT2D eigenvalue weighted by Crippen LogP contribution is 2.25. The molecule has 0 atom stereocenters. The normalized spacial score (nSPS) is 12.1. The highest BCUT2D eigenvalue weighted by Gasteiger charge is 2.24. The summed E-state index contributed by atoms with van der Waals surface area (Å²) in [5.74, 6) is -0.167. The highest BCUT2D eigenvalue weighted by molar-refractivity contribution is 5.12. The van der Waals surface area contributed by atoms with Crippen molar-refractivity contribution in [2.45, 2.75) is 59.4 Å². The fourth-order valence-corrected chi connectivity index (χ4v) is 1.93. The van der Waals surface area contributed by atoms with E-state index in [9.17, 15) is 4.39 Å². The van der Waals surface area contributed by atoms with E-state index < -0.39 is 0 Å². The summed E-state index contributed by atoms with van der Waals surface area (Å²) in [6.45, 7) is 9.90. The molecule has 0 bridgehead atoms. The van der Waals surface area contributed by atoms with Gasteiger partial charge in [-0.15, -0.1) is 0 Å². The zero-order valence-corrected chi connectivity index (χ0v) is 10.4. The van der Waals surface area contributed by atoms with Crippen LogP contribution in [0.15, 0.2) is 0 Å². The van der Waals surface area contributed by atoms with Crippen LogP contribution in [0.2, 0.25) is 0 Å². The Kier molecular flexibility index (Phi) is 3.53. The minimum absolute atomic E-state index is 0.0881. The van der Waals surface area contributed by atoms with E-state index in [0.717, 1.165) is 19.3 Å². The summed E-state index contributed by atoms with van der Waals surface area (Å²) in [7, 11) is 0. The van der Waals surface area contributed by atoms with E-state index in [2.05, 4.69) is 25.9 Å². The lowest BCUT2D eigenvalue weighted by Gasteiger charge is -2.26. The van der Waals surface area contributed by atoms with E-state index in [1.807, 2.05) is 4.68 Å². The Morgan fingerprint density at radius 3 is 2.33 bits per heavy atom.